The number of hydrogen-bond acceptors (Lipinski definition) is 4. The van der Waals surface area contributed by atoms with Crippen molar-refractivity contribution in [2.45, 2.75) is 51.0 Å². The van der Waals surface area contributed by atoms with Gasteiger partial charge in [0, 0.05) is 32.2 Å². The number of methoxy groups -OCH3 is 1. The first kappa shape index (κ1) is 23.1. The van der Waals surface area contributed by atoms with Crippen molar-refractivity contribution in [3.05, 3.63) is 60.2 Å². The second-order valence-corrected chi connectivity index (χ2v) is 8.40. The Hall–Kier alpha value is -2.53. The Labute approximate surface area is 187 Å². The molecule has 2 aromatic carbocycles. The molecular formula is C26H37N3O2. The normalized spacial score (nSPS) is 16.6. The van der Waals surface area contributed by atoms with Crippen LogP contribution < -0.4 is 15.4 Å². The third-order valence-electron chi connectivity index (χ3n) is 6.41. The Bertz CT molecular complexity index is 803. The number of para-hydroxylation sites is 2. The van der Waals surface area contributed by atoms with E-state index in [4.69, 9.17) is 10.5 Å². The van der Waals surface area contributed by atoms with Gasteiger partial charge >= 0.3 is 0 Å². The Kier molecular flexibility index (Phi) is 8.77. The average molecular weight is 424 g/mol. The van der Waals surface area contributed by atoms with Crippen molar-refractivity contribution in [3.8, 4) is 5.75 Å². The number of benzene rings is 2. The summed E-state index contributed by atoms with van der Waals surface area (Å²) in [5.41, 5.74) is 8.14. The maximum absolute atomic E-state index is 12.6. The monoisotopic (exact) mass is 423 g/mol. The minimum Gasteiger partial charge on any atom is -0.495 e. The quantitative estimate of drug-likeness (QED) is 0.544. The van der Waals surface area contributed by atoms with Crippen molar-refractivity contribution in [2.75, 3.05) is 38.2 Å². The number of unbranched alkanes of at least 4 members (excludes halogenated alkanes) is 3. The van der Waals surface area contributed by atoms with E-state index < -0.39 is 0 Å². The highest BCUT2D eigenvalue weighted by molar-refractivity contribution is 5.82. The fraction of sp³-hybridized carbons (Fsp3) is 0.500. The molecule has 5 heteroatoms. The van der Waals surface area contributed by atoms with Gasteiger partial charge in [-0.25, -0.2) is 0 Å². The molecule has 1 aliphatic heterocycles. The molecule has 1 amide bonds. The molecule has 168 valence electrons. The van der Waals surface area contributed by atoms with Gasteiger partial charge in [0.2, 0.25) is 5.91 Å². The van der Waals surface area contributed by atoms with Crippen LogP contribution in [0.5, 0.6) is 5.75 Å². The summed E-state index contributed by atoms with van der Waals surface area (Å²) in [7, 11) is 1.72. The van der Waals surface area contributed by atoms with Crippen LogP contribution in [0.25, 0.3) is 0 Å². The summed E-state index contributed by atoms with van der Waals surface area (Å²) in [6.07, 6.45) is 5.77. The Morgan fingerprint density at radius 1 is 0.968 bits per heavy atom. The fourth-order valence-corrected chi connectivity index (χ4v) is 4.76. The van der Waals surface area contributed by atoms with E-state index in [0.29, 0.717) is 0 Å². The molecule has 0 bridgehead atoms. The molecule has 31 heavy (non-hydrogen) atoms. The van der Waals surface area contributed by atoms with E-state index in [1.54, 1.807) is 7.11 Å². The zero-order valence-corrected chi connectivity index (χ0v) is 19.0. The largest absolute Gasteiger partial charge is 0.495 e. The summed E-state index contributed by atoms with van der Waals surface area (Å²) in [4.78, 5) is 17.5. The lowest BCUT2D eigenvalue weighted by molar-refractivity contribution is -0.121. The minimum atomic E-state index is -0.277. The molecule has 0 aromatic heterocycles. The van der Waals surface area contributed by atoms with Crippen LogP contribution in [-0.2, 0) is 4.79 Å². The average Bonchev–Trinajstić information content (AvgIpc) is 2.81. The van der Waals surface area contributed by atoms with E-state index in [-0.39, 0.29) is 17.9 Å². The molecule has 2 unspecified atom stereocenters. The van der Waals surface area contributed by atoms with Crippen molar-refractivity contribution in [1.29, 1.82) is 0 Å². The summed E-state index contributed by atoms with van der Waals surface area (Å²) >= 11 is 0. The van der Waals surface area contributed by atoms with Crippen molar-refractivity contribution in [3.63, 3.8) is 0 Å². The summed E-state index contributed by atoms with van der Waals surface area (Å²) in [6.45, 7) is 5.86. The van der Waals surface area contributed by atoms with Gasteiger partial charge < -0.3 is 15.4 Å². The van der Waals surface area contributed by atoms with Crippen LogP contribution in [0.1, 0.15) is 50.5 Å². The van der Waals surface area contributed by atoms with Crippen molar-refractivity contribution >= 4 is 11.6 Å². The molecule has 0 aliphatic carbocycles. The summed E-state index contributed by atoms with van der Waals surface area (Å²) < 4.78 is 5.56. The van der Waals surface area contributed by atoms with E-state index in [0.717, 1.165) is 56.0 Å². The molecule has 1 fully saturated rings. The smallest absolute Gasteiger partial charge is 0.226 e. The zero-order valence-electron chi connectivity index (χ0n) is 19.0. The first-order valence-corrected chi connectivity index (χ1v) is 11.6. The number of piperazine rings is 1. The predicted molar refractivity (Wildman–Crippen MR) is 128 cm³/mol. The molecule has 1 aliphatic rings. The molecule has 0 saturated carbocycles. The highest BCUT2D eigenvalue weighted by atomic mass is 16.5. The number of carbonyl (C=O) groups is 1. The second kappa shape index (κ2) is 11.8. The number of nitrogens with zero attached hydrogens (tertiary/aromatic N) is 2. The van der Waals surface area contributed by atoms with Crippen LogP contribution in [0.15, 0.2) is 54.6 Å². The predicted octanol–water partition coefficient (Wildman–Crippen LogP) is 4.43. The number of hydrogen-bond donors (Lipinski definition) is 1. The lowest BCUT2D eigenvalue weighted by atomic mass is 9.86. The highest BCUT2D eigenvalue weighted by Crippen LogP contribution is 2.32. The van der Waals surface area contributed by atoms with Gasteiger partial charge in [0.05, 0.1) is 18.7 Å². The number of amides is 1. The number of primary amides is 1. The van der Waals surface area contributed by atoms with E-state index in [2.05, 4.69) is 28.9 Å². The van der Waals surface area contributed by atoms with Crippen LogP contribution in [-0.4, -0.2) is 50.1 Å². The highest BCUT2D eigenvalue weighted by Gasteiger charge is 2.34. The molecule has 2 N–H and O–H groups in total. The van der Waals surface area contributed by atoms with Crippen LogP contribution in [0.3, 0.4) is 0 Å². The number of ether oxygens (including phenoxy) is 1. The molecule has 0 radical (unpaired) electrons. The van der Waals surface area contributed by atoms with Crippen LogP contribution in [0.2, 0.25) is 0 Å². The number of rotatable bonds is 11. The molecule has 5 nitrogen and oxygen atoms in total. The van der Waals surface area contributed by atoms with E-state index in [9.17, 15) is 4.79 Å². The maximum atomic E-state index is 12.6. The SMILES string of the molecule is CCCCCCC(C(C(N)=O)c1ccccc1)N1CCN(c2ccccc2OC)CC1. The van der Waals surface area contributed by atoms with Crippen LogP contribution in [0, 0.1) is 0 Å². The van der Waals surface area contributed by atoms with Gasteiger partial charge in [-0.3, -0.25) is 9.69 Å². The number of nitrogens with two attached hydrogens (primary N) is 1. The summed E-state index contributed by atoms with van der Waals surface area (Å²) in [5.74, 6) is 0.408. The van der Waals surface area contributed by atoms with Crippen molar-refractivity contribution in [2.24, 2.45) is 5.73 Å². The topological polar surface area (TPSA) is 58.8 Å². The van der Waals surface area contributed by atoms with Gasteiger partial charge in [-0.15, -0.1) is 0 Å². The maximum Gasteiger partial charge on any atom is 0.226 e. The molecule has 1 heterocycles. The van der Waals surface area contributed by atoms with Crippen molar-refractivity contribution in [1.82, 2.24) is 4.90 Å². The molecular weight excluding hydrogens is 386 g/mol. The second-order valence-electron chi connectivity index (χ2n) is 8.40. The van der Waals surface area contributed by atoms with Gasteiger partial charge in [0.25, 0.3) is 0 Å². The third-order valence-corrected chi connectivity index (χ3v) is 6.41. The Balaban J connectivity index is 1.76. The van der Waals surface area contributed by atoms with E-state index >= 15 is 0 Å². The van der Waals surface area contributed by atoms with Gasteiger partial charge in [-0.2, -0.15) is 0 Å². The fourth-order valence-electron chi connectivity index (χ4n) is 4.76. The minimum absolute atomic E-state index is 0.136. The number of anilines is 1. The van der Waals surface area contributed by atoms with Crippen LogP contribution in [0.4, 0.5) is 5.69 Å². The number of carbonyl (C=O) groups excluding carboxylic acids is 1. The Morgan fingerprint density at radius 2 is 1.65 bits per heavy atom. The molecule has 2 aromatic rings. The summed E-state index contributed by atoms with van der Waals surface area (Å²) in [6, 6.07) is 18.4. The first-order valence-electron chi connectivity index (χ1n) is 11.6. The zero-order chi connectivity index (χ0) is 22.1. The van der Waals surface area contributed by atoms with E-state index in [1.807, 2.05) is 42.5 Å². The lowest BCUT2D eigenvalue weighted by Crippen LogP contribution is -2.53. The third kappa shape index (κ3) is 6.01. The standard InChI is InChI=1S/C26H37N3O2/c1-3-4-5-9-15-23(25(26(27)30)21-12-7-6-8-13-21)29-19-17-28(18-20-29)22-14-10-11-16-24(22)31-2/h6-8,10-14,16,23,25H,3-5,9,15,17-20H2,1-2H3,(H2,27,30). The molecule has 3 rings (SSSR count). The van der Waals surface area contributed by atoms with Crippen molar-refractivity contribution < 1.29 is 9.53 Å². The molecule has 0 spiro atoms. The van der Waals surface area contributed by atoms with Gasteiger partial charge in [0.15, 0.2) is 0 Å². The van der Waals surface area contributed by atoms with Gasteiger partial charge in [-0.1, -0.05) is 75.1 Å². The van der Waals surface area contributed by atoms with Gasteiger partial charge in [0.1, 0.15) is 5.75 Å². The lowest BCUT2D eigenvalue weighted by Gasteiger charge is -2.42. The van der Waals surface area contributed by atoms with Crippen LogP contribution >= 0.6 is 0 Å². The molecule has 1 saturated heterocycles. The Morgan fingerprint density at radius 3 is 2.29 bits per heavy atom. The molecule has 2 atom stereocenters. The summed E-state index contributed by atoms with van der Waals surface area (Å²) in [5, 5.41) is 0. The first-order chi connectivity index (χ1) is 15.2. The van der Waals surface area contributed by atoms with E-state index in [1.165, 1.54) is 19.3 Å². The van der Waals surface area contributed by atoms with Gasteiger partial charge in [-0.05, 0) is 24.1 Å².